The second kappa shape index (κ2) is 7.74. The zero-order valence-electron chi connectivity index (χ0n) is 15.5. The van der Waals surface area contributed by atoms with Crippen molar-refractivity contribution in [3.8, 4) is 17.5 Å². The van der Waals surface area contributed by atoms with Crippen LogP contribution in [0.2, 0.25) is 0 Å². The van der Waals surface area contributed by atoms with Gasteiger partial charge in [0, 0.05) is 43.9 Å². The van der Waals surface area contributed by atoms with Crippen LogP contribution in [0.5, 0.6) is 0 Å². The summed E-state index contributed by atoms with van der Waals surface area (Å²) in [5.41, 5.74) is 1.69. The highest BCUT2D eigenvalue weighted by Crippen LogP contribution is 2.26. The van der Waals surface area contributed by atoms with Crippen molar-refractivity contribution >= 4 is 5.95 Å². The van der Waals surface area contributed by atoms with E-state index in [0.717, 1.165) is 6.42 Å². The molecule has 0 bridgehead atoms. The van der Waals surface area contributed by atoms with Crippen molar-refractivity contribution in [3.05, 3.63) is 58.8 Å². The highest BCUT2D eigenvalue weighted by molar-refractivity contribution is 5.55. The minimum Gasteiger partial charge on any atom is -0.374 e. The molecular formula is C20H20N6O2. The van der Waals surface area contributed by atoms with Crippen LogP contribution in [0.25, 0.3) is 11.4 Å². The fourth-order valence-electron chi connectivity index (χ4n) is 3.50. The number of anilines is 1. The largest absolute Gasteiger partial charge is 0.374 e. The molecule has 0 spiro atoms. The van der Waals surface area contributed by atoms with E-state index in [2.05, 4.69) is 20.9 Å². The first-order valence-corrected chi connectivity index (χ1v) is 9.15. The van der Waals surface area contributed by atoms with Gasteiger partial charge in [0.25, 0.3) is 5.56 Å². The molecular weight excluding hydrogens is 356 g/mol. The molecule has 0 aromatic carbocycles. The maximum atomic E-state index is 12.5. The van der Waals surface area contributed by atoms with E-state index in [9.17, 15) is 4.79 Å². The van der Waals surface area contributed by atoms with Crippen LogP contribution in [-0.2, 0) is 11.8 Å². The summed E-state index contributed by atoms with van der Waals surface area (Å²) in [6.45, 7) is 1.83. The van der Waals surface area contributed by atoms with E-state index in [1.807, 2.05) is 18.2 Å². The van der Waals surface area contributed by atoms with E-state index in [0.29, 0.717) is 42.6 Å². The summed E-state index contributed by atoms with van der Waals surface area (Å²) in [5.74, 6) is 0.796. The number of hydrogen-bond donors (Lipinski definition) is 0. The van der Waals surface area contributed by atoms with Crippen LogP contribution in [0.15, 0.2) is 53.3 Å². The van der Waals surface area contributed by atoms with Gasteiger partial charge in [-0.25, -0.2) is 15.0 Å². The van der Waals surface area contributed by atoms with E-state index < -0.39 is 0 Å². The lowest BCUT2D eigenvalue weighted by atomic mass is 9.91. The van der Waals surface area contributed by atoms with Crippen molar-refractivity contribution in [2.24, 2.45) is 13.0 Å². The fraction of sp³-hybridized carbons (Fsp3) is 0.350. The van der Waals surface area contributed by atoms with Crippen LogP contribution >= 0.6 is 0 Å². The molecule has 3 heterocycles. The molecule has 0 saturated carbocycles. The lowest BCUT2D eigenvalue weighted by Crippen LogP contribution is -2.47. The lowest BCUT2D eigenvalue weighted by molar-refractivity contribution is 0.0138. The third kappa shape index (κ3) is 3.57. The Morgan fingerprint density at radius 1 is 1.36 bits per heavy atom. The van der Waals surface area contributed by atoms with Crippen LogP contribution in [0.4, 0.5) is 5.95 Å². The number of aromatic nitrogens is 4. The maximum Gasteiger partial charge on any atom is 0.255 e. The molecule has 8 heteroatoms. The Kier molecular flexibility index (Phi) is 5.00. The Labute approximate surface area is 162 Å². The molecule has 2 atom stereocenters. The average molecular weight is 376 g/mol. The summed E-state index contributed by atoms with van der Waals surface area (Å²) >= 11 is 0. The number of morpholine rings is 1. The zero-order valence-corrected chi connectivity index (χ0v) is 15.5. The standard InChI is InChI=1S/C20H20N6O2/c1-25-19(27)10-17(16-6-7-22-13-23-16)24-20(25)26-8-9-28-18(12-26)15-4-2-14(11-21)3-5-15/h2-4,6-7,10,13,15,18H,5,8-9,12H2,1H3/t15?,18-/m0/s1. The van der Waals surface area contributed by atoms with Crippen molar-refractivity contribution in [1.29, 1.82) is 5.26 Å². The third-order valence-electron chi connectivity index (χ3n) is 5.07. The molecule has 0 N–H and O–H groups in total. The van der Waals surface area contributed by atoms with Gasteiger partial charge in [0.05, 0.1) is 30.2 Å². The van der Waals surface area contributed by atoms with Crippen molar-refractivity contribution in [2.75, 3.05) is 24.6 Å². The van der Waals surface area contributed by atoms with Gasteiger partial charge in [-0.15, -0.1) is 0 Å². The Hall–Kier alpha value is -3.31. The number of rotatable bonds is 3. The highest BCUT2D eigenvalue weighted by Gasteiger charge is 2.29. The van der Waals surface area contributed by atoms with Crippen LogP contribution in [0.1, 0.15) is 6.42 Å². The van der Waals surface area contributed by atoms with E-state index in [1.54, 1.807) is 23.9 Å². The molecule has 1 aliphatic carbocycles. The molecule has 4 rings (SSSR count). The summed E-state index contributed by atoms with van der Waals surface area (Å²) in [5, 5.41) is 9.00. The van der Waals surface area contributed by atoms with E-state index in [1.165, 1.54) is 12.4 Å². The molecule has 1 unspecified atom stereocenters. The molecule has 1 aliphatic heterocycles. The molecule has 142 valence electrons. The van der Waals surface area contributed by atoms with Gasteiger partial charge in [-0.2, -0.15) is 5.26 Å². The van der Waals surface area contributed by atoms with Crippen molar-refractivity contribution < 1.29 is 4.74 Å². The second-order valence-electron chi connectivity index (χ2n) is 6.82. The van der Waals surface area contributed by atoms with Gasteiger partial charge in [0.15, 0.2) is 0 Å². The summed E-state index contributed by atoms with van der Waals surface area (Å²) < 4.78 is 7.54. The predicted octanol–water partition coefficient (Wildman–Crippen LogP) is 1.47. The Morgan fingerprint density at radius 2 is 2.25 bits per heavy atom. The molecule has 0 amide bonds. The number of allylic oxidation sites excluding steroid dienone is 3. The lowest BCUT2D eigenvalue weighted by Gasteiger charge is -2.37. The first kappa shape index (κ1) is 18.1. The molecule has 8 nitrogen and oxygen atoms in total. The van der Waals surface area contributed by atoms with Gasteiger partial charge in [-0.05, 0) is 18.6 Å². The fourth-order valence-corrected chi connectivity index (χ4v) is 3.50. The maximum absolute atomic E-state index is 12.5. The predicted molar refractivity (Wildman–Crippen MR) is 103 cm³/mol. The molecule has 2 aromatic rings. The Balaban J connectivity index is 1.60. The number of nitrogens with zero attached hydrogens (tertiary/aromatic N) is 6. The number of hydrogen-bond acceptors (Lipinski definition) is 7. The summed E-state index contributed by atoms with van der Waals surface area (Å²) in [7, 11) is 1.72. The van der Waals surface area contributed by atoms with Gasteiger partial charge in [0.1, 0.15) is 6.33 Å². The van der Waals surface area contributed by atoms with Crippen LogP contribution in [-0.4, -0.2) is 45.3 Å². The van der Waals surface area contributed by atoms with Gasteiger partial charge >= 0.3 is 0 Å². The quantitative estimate of drug-likeness (QED) is 0.800. The van der Waals surface area contributed by atoms with Crippen molar-refractivity contribution in [2.45, 2.75) is 12.5 Å². The SMILES string of the molecule is Cn1c(N2CCO[C@H](C3C=CC(C#N)=CC3)C2)nc(-c2ccncn2)cc1=O. The summed E-state index contributed by atoms with van der Waals surface area (Å²) in [4.78, 5) is 27.4. The van der Waals surface area contributed by atoms with E-state index >= 15 is 0 Å². The minimum atomic E-state index is -0.138. The van der Waals surface area contributed by atoms with Crippen molar-refractivity contribution in [1.82, 2.24) is 19.5 Å². The average Bonchev–Trinajstić information content (AvgIpc) is 2.76. The second-order valence-corrected chi connectivity index (χ2v) is 6.82. The molecule has 28 heavy (non-hydrogen) atoms. The van der Waals surface area contributed by atoms with Gasteiger partial charge < -0.3 is 9.64 Å². The molecule has 1 saturated heterocycles. The minimum absolute atomic E-state index is 0.0268. The summed E-state index contributed by atoms with van der Waals surface area (Å²) in [6.07, 6.45) is 9.64. The monoisotopic (exact) mass is 376 g/mol. The van der Waals surface area contributed by atoms with E-state index in [-0.39, 0.29) is 17.6 Å². The first-order valence-electron chi connectivity index (χ1n) is 9.15. The summed E-state index contributed by atoms with van der Waals surface area (Å²) in [6, 6.07) is 5.39. The van der Waals surface area contributed by atoms with Crippen molar-refractivity contribution in [3.63, 3.8) is 0 Å². The van der Waals surface area contributed by atoms with Crippen LogP contribution < -0.4 is 10.5 Å². The van der Waals surface area contributed by atoms with Crippen LogP contribution in [0, 0.1) is 17.2 Å². The molecule has 1 fully saturated rings. The normalized spacial score (nSPS) is 21.9. The molecule has 0 radical (unpaired) electrons. The Morgan fingerprint density at radius 3 is 2.96 bits per heavy atom. The van der Waals surface area contributed by atoms with Gasteiger partial charge in [0.2, 0.25) is 5.95 Å². The number of ether oxygens (including phenoxy) is 1. The van der Waals surface area contributed by atoms with Gasteiger partial charge in [-0.1, -0.05) is 12.2 Å². The number of nitriles is 1. The third-order valence-corrected chi connectivity index (χ3v) is 5.07. The topological polar surface area (TPSA) is 96.9 Å². The smallest absolute Gasteiger partial charge is 0.255 e. The Bertz CT molecular complexity index is 1020. The van der Waals surface area contributed by atoms with Gasteiger partial charge in [-0.3, -0.25) is 9.36 Å². The molecule has 2 aromatic heterocycles. The highest BCUT2D eigenvalue weighted by atomic mass is 16.5. The zero-order chi connectivity index (χ0) is 19.5. The molecule has 2 aliphatic rings. The first-order chi connectivity index (χ1) is 13.7. The van der Waals surface area contributed by atoms with E-state index in [4.69, 9.17) is 15.0 Å². The van der Waals surface area contributed by atoms with Crippen LogP contribution in [0.3, 0.4) is 0 Å².